The van der Waals surface area contributed by atoms with Crippen molar-refractivity contribution in [3.8, 4) is 0 Å². The van der Waals surface area contributed by atoms with Gasteiger partial charge in [-0.2, -0.15) is 0 Å². The van der Waals surface area contributed by atoms with E-state index in [2.05, 4.69) is 41.8 Å². The second-order valence-corrected chi connectivity index (χ2v) is 5.16. The maximum atomic E-state index is 5.92. The Bertz CT molecular complexity index is 546. The van der Waals surface area contributed by atoms with E-state index in [9.17, 15) is 0 Å². The molecule has 2 aromatic rings. The Morgan fingerprint density at radius 1 is 1.33 bits per heavy atom. The number of rotatable bonds is 3. The fourth-order valence-electron chi connectivity index (χ4n) is 2.88. The average molecular weight is 244 g/mol. The third kappa shape index (κ3) is 2.04. The van der Waals surface area contributed by atoms with Gasteiger partial charge >= 0.3 is 0 Å². The van der Waals surface area contributed by atoms with E-state index in [4.69, 9.17) is 10.5 Å². The molecule has 1 aliphatic heterocycles. The molecule has 0 amide bonds. The fourth-order valence-corrected chi connectivity index (χ4v) is 2.88. The summed E-state index contributed by atoms with van der Waals surface area (Å²) in [7, 11) is 0. The Kier molecular flexibility index (Phi) is 3.10. The summed E-state index contributed by atoms with van der Waals surface area (Å²) in [6.07, 6.45) is 3.05. The van der Waals surface area contributed by atoms with Crippen LogP contribution < -0.4 is 5.73 Å². The van der Waals surface area contributed by atoms with Gasteiger partial charge in [0.2, 0.25) is 0 Å². The summed E-state index contributed by atoms with van der Waals surface area (Å²) in [5.41, 5.74) is 8.31. The molecular formula is C15H20N2O. The lowest BCUT2D eigenvalue weighted by molar-refractivity contribution is 0.0461. The Morgan fingerprint density at radius 3 is 2.89 bits per heavy atom. The van der Waals surface area contributed by atoms with Crippen LogP contribution in [0.5, 0.6) is 0 Å². The molecule has 2 heterocycles. The quantitative estimate of drug-likeness (QED) is 0.901. The van der Waals surface area contributed by atoms with Crippen molar-refractivity contribution >= 4 is 10.9 Å². The van der Waals surface area contributed by atoms with Crippen LogP contribution in [0, 0.1) is 0 Å². The molecule has 18 heavy (non-hydrogen) atoms. The van der Waals surface area contributed by atoms with E-state index in [0.717, 1.165) is 13.0 Å². The Morgan fingerprint density at radius 2 is 2.17 bits per heavy atom. The van der Waals surface area contributed by atoms with E-state index < -0.39 is 0 Å². The first-order chi connectivity index (χ1) is 8.78. The van der Waals surface area contributed by atoms with Crippen LogP contribution in [0.4, 0.5) is 0 Å². The predicted octanol–water partition coefficient (Wildman–Crippen LogP) is 2.67. The minimum atomic E-state index is 0.334. The van der Waals surface area contributed by atoms with E-state index in [0.29, 0.717) is 18.8 Å². The average Bonchev–Trinajstić information content (AvgIpc) is 2.94. The van der Waals surface area contributed by atoms with Crippen molar-refractivity contribution in [2.75, 3.05) is 0 Å². The molecule has 0 bridgehead atoms. The summed E-state index contributed by atoms with van der Waals surface area (Å²) in [6.45, 7) is 3.65. The lowest BCUT2D eigenvalue weighted by Crippen LogP contribution is -2.19. The molecule has 3 rings (SSSR count). The Labute approximate surface area is 108 Å². The zero-order valence-electron chi connectivity index (χ0n) is 10.8. The summed E-state index contributed by atoms with van der Waals surface area (Å²) in [4.78, 5) is 0. The summed E-state index contributed by atoms with van der Waals surface area (Å²) in [5, 5.41) is 1.27. The van der Waals surface area contributed by atoms with Crippen molar-refractivity contribution in [2.24, 2.45) is 5.73 Å². The van der Waals surface area contributed by atoms with Crippen molar-refractivity contribution < 1.29 is 4.74 Å². The second kappa shape index (κ2) is 4.75. The van der Waals surface area contributed by atoms with Gasteiger partial charge in [-0.25, -0.2) is 0 Å². The van der Waals surface area contributed by atoms with Crippen molar-refractivity contribution in [2.45, 2.75) is 45.1 Å². The molecule has 2 N–H and O–H groups in total. The molecule has 0 spiro atoms. The van der Waals surface area contributed by atoms with Crippen LogP contribution in [0.25, 0.3) is 10.9 Å². The smallest absolute Gasteiger partial charge is 0.0758 e. The Balaban J connectivity index is 1.94. The lowest BCUT2D eigenvalue weighted by Gasteiger charge is -2.15. The van der Waals surface area contributed by atoms with Gasteiger partial charge in [0.15, 0.2) is 0 Å². The lowest BCUT2D eigenvalue weighted by atomic mass is 10.2. The van der Waals surface area contributed by atoms with Crippen molar-refractivity contribution in [3.05, 3.63) is 36.0 Å². The molecule has 0 radical (unpaired) electrons. The minimum Gasteiger partial charge on any atom is -0.373 e. The van der Waals surface area contributed by atoms with Gasteiger partial charge < -0.3 is 15.0 Å². The van der Waals surface area contributed by atoms with Crippen molar-refractivity contribution in [3.63, 3.8) is 0 Å². The fraction of sp³-hybridized carbons (Fsp3) is 0.467. The van der Waals surface area contributed by atoms with E-state index in [1.807, 2.05) is 0 Å². The third-order valence-corrected chi connectivity index (χ3v) is 3.81. The number of para-hydroxylation sites is 1. The molecule has 1 fully saturated rings. The van der Waals surface area contributed by atoms with Crippen LogP contribution in [-0.2, 0) is 17.8 Å². The molecule has 1 aromatic heterocycles. The van der Waals surface area contributed by atoms with Crippen LogP contribution >= 0.6 is 0 Å². The summed E-state index contributed by atoms with van der Waals surface area (Å²) >= 11 is 0. The van der Waals surface area contributed by atoms with Gasteiger partial charge in [-0.3, -0.25) is 0 Å². The molecular weight excluding hydrogens is 224 g/mol. The van der Waals surface area contributed by atoms with Crippen LogP contribution in [-0.4, -0.2) is 16.8 Å². The van der Waals surface area contributed by atoms with Gasteiger partial charge in [-0.15, -0.1) is 0 Å². The van der Waals surface area contributed by atoms with Crippen molar-refractivity contribution in [1.82, 2.24) is 4.57 Å². The van der Waals surface area contributed by atoms with Crippen LogP contribution in [0.1, 0.15) is 25.5 Å². The monoisotopic (exact) mass is 244 g/mol. The predicted molar refractivity (Wildman–Crippen MR) is 73.4 cm³/mol. The minimum absolute atomic E-state index is 0.334. The van der Waals surface area contributed by atoms with Crippen LogP contribution in [0.2, 0.25) is 0 Å². The number of nitrogens with zero attached hydrogens (tertiary/aromatic N) is 1. The van der Waals surface area contributed by atoms with E-state index in [1.165, 1.54) is 23.0 Å². The van der Waals surface area contributed by atoms with Gasteiger partial charge in [0.05, 0.1) is 12.2 Å². The number of benzene rings is 1. The zero-order chi connectivity index (χ0) is 12.5. The molecule has 3 nitrogen and oxygen atoms in total. The topological polar surface area (TPSA) is 40.2 Å². The first-order valence-electron chi connectivity index (χ1n) is 6.70. The van der Waals surface area contributed by atoms with Crippen molar-refractivity contribution in [1.29, 1.82) is 0 Å². The highest BCUT2D eigenvalue weighted by Crippen LogP contribution is 2.25. The molecule has 0 aliphatic carbocycles. The molecule has 96 valence electrons. The van der Waals surface area contributed by atoms with Crippen LogP contribution in [0.3, 0.4) is 0 Å². The van der Waals surface area contributed by atoms with E-state index in [-0.39, 0.29) is 0 Å². The summed E-state index contributed by atoms with van der Waals surface area (Å²) < 4.78 is 8.24. The van der Waals surface area contributed by atoms with Gasteiger partial charge in [-0.05, 0) is 37.3 Å². The highest BCUT2D eigenvalue weighted by atomic mass is 16.5. The summed E-state index contributed by atoms with van der Waals surface area (Å²) in [6, 6.07) is 10.6. The van der Waals surface area contributed by atoms with Crippen LogP contribution in [0.15, 0.2) is 30.3 Å². The van der Waals surface area contributed by atoms with E-state index in [1.54, 1.807) is 0 Å². The summed E-state index contributed by atoms with van der Waals surface area (Å²) in [5.74, 6) is 0. The number of fused-ring (bicyclic) bond motifs is 1. The molecule has 2 atom stereocenters. The van der Waals surface area contributed by atoms with Gasteiger partial charge in [0, 0.05) is 24.3 Å². The largest absolute Gasteiger partial charge is 0.373 e. The SMILES string of the molecule is CC1CCC(Cn2c(CN)cc3ccccc32)O1. The maximum absolute atomic E-state index is 5.92. The standard InChI is InChI=1S/C15H20N2O/c1-11-6-7-14(18-11)10-17-13(9-16)8-12-4-2-3-5-15(12)17/h2-5,8,11,14H,6-7,9-10,16H2,1H3. The maximum Gasteiger partial charge on any atom is 0.0758 e. The van der Waals surface area contributed by atoms with Gasteiger partial charge in [-0.1, -0.05) is 18.2 Å². The molecule has 2 unspecified atom stereocenters. The second-order valence-electron chi connectivity index (χ2n) is 5.16. The highest BCUT2D eigenvalue weighted by Gasteiger charge is 2.23. The normalized spacial score (nSPS) is 23.9. The number of hydrogen-bond acceptors (Lipinski definition) is 2. The molecule has 3 heteroatoms. The highest BCUT2D eigenvalue weighted by molar-refractivity contribution is 5.81. The Hall–Kier alpha value is -1.32. The zero-order valence-corrected chi connectivity index (χ0v) is 10.8. The number of ether oxygens (including phenoxy) is 1. The third-order valence-electron chi connectivity index (χ3n) is 3.81. The molecule has 1 saturated heterocycles. The van der Waals surface area contributed by atoms with Gasteiger partial charge in [0.1, 0.15) is 0 Å². The van der Waals surface area contributed by atoms with E-state index >= 15 is 0 Å². The molecule has 1 aromatic carbocycles. The van der Waals surface area contributed by atoms with Gasteiger partial charge in [0.25, 0.3) is 0 Å². The number of hydrogen-bond donors (Lipinski definition) is 1. The first kappa shape index (κ1) is 11.8. The first-order valence-corrected chi connectivity index (χ1v) is 6.70. The number of aromatic nitrogens is 1. The number of nitrogens with two attached hydrogens (primary N) is 1. The molecule has 1 aliphatic rings. The molecule has 0 saturated carbocycles.